The van der Waals surface area contributed by atoms with Gasteiger partial charge < -0.3 is 9.47 Å². The second-order valence-corrected chi connectivity index (χ2v) is 6.71. The van der Waals surface area contributed by atoms with Crippen LogP contribution in [0.25, 0.3) is 5.76 Å². The van der Waals surface area contributed by atoms with Crippen LogP contribution in [-0.4, -0.2) is 18.5 Å². The van der Waals surface area contributed by atoms with Crippen molar-refractivity contribution < 1.29 is 19.1 Å². The van der Waals surface area contributed by atoms with Crippen LogP contribution in [0.2, 0.25) is 0 Å². The summed E-state index contributed by atoms with van der Waals surface area (Å²) in [5.74, 6) is -1.18. The molecule has 3 rings (SSSR count). The van der Waals surface area contributed by atoms with Crippen LogP contribution in [0.4, 0.5) is 0 Å². The van der Waals surface area contributed by atoms with E-state index in [2.05, 4.69) is 0 Å². The maximum atomic E-state index is 13.2. The molecule has 0 unspecified atom stereocenters. The zero-order valence-electron chi connectivity index (χ0n) is 15.9. The van der Waals surface area contributed by atoms with Crippen molar-refractivity contribution in [3.63, 3.8) is 0 Å². The van der Waals surface area contributed by atoms with Crippen molar-refractivity contribution in [3.8, 4) is 0 Å². The number of hydrogen-bond donors (Lipinski definition) is 0. The largest absolute Gasteiger partial charge is 0.465 e. The highest BCUT2D eigenvalue weighted by Gasteiger charge is 2.53. The first-order valence-corrected chi connectivity index (χ1v) is 9.26. The molecule has 2 aromatic rings. The minimum Gasteiger partial charge on any atom is -0.465 e. The predicted octanol–water partition coefficient (Wildman–Crippen LogP) is 4.42. The Morgan fingerprint density at radius 3 is 2.33 bits per heavy atom. The van der Waals surface area contributed by atoms with E-state index < -0.39 is 23.3 Å². The molecule has 0 fully saturated rings. The van der Waals surface area contributed by atoms with E-state index in [1.807, 2.05) is 68.4 Å². The monoisotopic (exact) mass is 364 g/mol. The third kappa shape index (κ3) is 3.39. The predicted molar refractivity (Wildman–Crippen MR) is 104 cm³/mol. The molecule has 0 aromatic heterocycles. The molecule has 0 saturated carbocycles. The van der Waals surface area contributed by atoms with Gasteiger partial charge in [-0.25, -0.2) is 0 Å². The number of carbonyl (C=O) groups excluding carboxylic acids is 2. The molecule has 0 amide bonds. The fraction of sp³-hybridized carbons (Fsp3) is 0.304. The first-order chi connectivity index (χ1) is 13.0. The number of rotatable bonds is 5. The van der Waals surface area contributed by atoms with E-state index in [1.165, 1.54) is 0 Å². The van der Waals surface area contributed by atoms with E-state index in [-0.39, 0.29) is 6.61 Å². The van der Waals surface area contributed by atoms with Gasteiger partial charge in [-0.1, -0.05) is 67.1 Å². The molecular formula is C23H24O4. The molecule has 27 heavy (non-hydrogen) atoms. The summed E-state index contributed by atoms with van der Waals surface area (Å²) in [5, 5.41) is 0. The number of hydrogen-bond acceptors (Lipinski definition) is 4. The zero-order chi connectivity index (χ0) is 19.4. The molecule has 4 heteroatoms. The first kappa shape index (κ1) is 18.9. The van der Waals surface area contributed by atoms with Gasteiger partial charge in [-0.05, 0) is 31.9 Å². The Kier molecular flexibility index (Phi) is 5.45. The van der Waals surface area contributed by atoms with Crippen molar-refractivity contribution in [3.05, 3.63) is 77.4 Å². The molecule has 0 N–H and O–H groups in total. The van der Waals surface area contributed by atoms with Crippen LogP contribution < -0.4 is 0 Å². The molecule has 0 saturated heterocycles. The molecule has 2 aromatic carbocycles. The summed E-state index contributed by atoms with van der Waals surface area (Å²) in [5.41, 5.74) is 1.54. The molecule has 140 valence electrons. The van der Waals surface area contributed by atoms with Crippen LogP contribution in [0, 0.1) is 12.8 Å². The SMILES string of the molecule is CCOC(=O)[C@@H]1C=C(c2ccc(C)cc2)OC(=O)[C@@]1(CC)c1ccccc1. The van der Waals surface area contributed by atoms with Crippen LogP contribution in [0.15, 0.2) is 60.7 Å². The van der Waals surface area contributed by atoms with Crippen LogP contribution in [0.3, 0.4) is 0 Å². The van der Waals surface area contributed by atoms with E-state index in [1.54, 1.807) is 13.0 Å². The Balaban J connectivity index is 2.15. The molecule has 1 heterocycles. The second kappa shape index (κ2) is 7.78. The molecule has 0 bridgehead atoms. The van der Waals surface area contributed by atoms with Gasteiger partial charge in [0, 0.05) is 5.56 Å². The molecule has 0 spiro atoms. The molecule has 2 atom stereocenters. The highest BCUT2D eigenvalue weighted by Crippen LogP contribution is 2.44. The molecule has 0 radical (unpaired) electrons. The third-order valence-electron chi connectivity index (χ3n) is 5.14. The highest BCUT2D eigenvalue weighted by atomic mass is 16.5. The first-order valence-electron chi connectivity index (χ1n) is 9.26. The summed E-state index contributed by atoms with van der Waals surface area (Å²) in [6.07, 6.45) is 2.16. The van der Waals surface area contributed by atoms with Crippen LogP contribution in [-0.2, 0) is 24.5 Å². The van der Waals surface area contributed by atoms with Crippen molar-refractivity contribution in [2.45, 2.75) is 32.6 Å². The van der Waals surface area contributed by atoms with Gasteiger partial charge in [-0.3, -0.25) is 9.59 Å². The van der Waals surface area contributed by atoms with Crippen LogP contribution in [0.1, 0.15) is 37.0 Å². The maximum Gasteiger partial charge on any atom is 0.323 e. The number of carbonyl (C=O) groups is 2. The zero-order valence-corrected chi connectivity index (χ0v) is 15.9. The smallest absolute Gasteiger partial charge is 0.323 e. The lowest BCUT2D eigenvalue weighted by Gasteiger charge is -2.39. The number of cyclic esters (lactones) is 1. The van der Waals surface area contributed by atoms with Gasteiger partial charge in [0.2, 0.25) is 0 Å². The molecule has 1 aliphatic rings. The van der Waals surface area contributed by atoms with Gasteiger partial charge in [0.25, 0.3) is 0 Å². The van der Waals surface area contributed by atoms with Crippen molar-refractivity contribution in [2.75, 3.05) is 6.61 Å². The topological polar surface area (TPSA) is 52.6 Å². The summed E-state index contributed by atoms with van der Waals surface area (Å²) in [7, 11) is 0. The fourth-order valence-electron chi connectivity index (χ4n) is 3.62. The van der Waals surface area contributed by atoms with E-state index in [9.17, 15) is 9.59 Å². The van der Waals surface area contributed by atoms with Crippen molar-refractivity contribution >= 4 is 17.7 Å². The summed E-state index contributed by atoms with van der Waals surface area (Å²) in [6, 6.07) is 17.0. The summed E-state index contributed by atoms with van der Waals surface area (Å²) < 4.78 is 11.1. The quantitative estimate of drug-likeness (QED) is 0.737. The van der Waals surface area contributed by atoms with Gasteiger partial charge in [0.05, 0.1) is 12.5 Å². The highest BCUT2D eigenvalue weighted by molar-refractivity contribution is 5.97. The third-order valence-corrected chi connectivity index (χ3v) is 5.14. The number of esters is 2. The number of ether oxygens (including phenoxy) is 2. The normalized spacial score (nSPS) is 22.0. The molecule has 0 aliphatic carbocycles. The average molecular weight is 364 g/mol. The van der Waals surface area contributed by atoms with Gasteiger partial charge in [0.1, 0.15) is 11.2 Å². The van der Waals surface area contributed by atoms with Gasteiger partial charge in [-0.2, -0.15) is 0 Å². The Labute approximate surface area is 159 Å². The van der Waals surface area contributed by atoms with Crippen LogP contribution >= 0.6 is 0 Å². The van der Waals surface area contributed by atoms with Gasteiger partial charge in [0.15, 0.2) is 0 Å². The van der Waals surface area contributed by atoms with Crippen molar-refractivity contribution in [1.82, 2.24) is 0 Å². The summed E-state index contributed by atoms with van der Waals surface area (Å²) >= 11 is 0. The standard InChI is InChI=1S/C23H24O4/c1-4-23(18-9-7-6-8-10-18)19(21(24)26-5-2)15-20(27-22(23)25)17-13-11-16(3)12-14-17/h6-15,19H,4-5H2,1-3H3/t19-,23-/m0/s1. The average Bonchev–Trinajstić information content (AvgIpc) is 2.69. The van der Waals surface area contributed by atoms with Gasteiger partial charge >= 0.3 is 11.9 Å². The summed E-state index contributed by atoms with van der Waals surface area (Å²) in [4.78, 5) is 26.1. The molecule has 1 aliphatic heterocycles. The second-order valence-electron chi connectivity index (χ2n) is 6.71. The Hall–Kier alpha value is -2.88. The minimum atomic E-state index is -1.10. The van der Waals surface area contributed by atoms with E-state index in [0.29, 0.717) is 12.2 Å². The molecular weight excluding hydrogens is 340 g/mol. The number of aryl methyl sites for hydroxylation is 1. The lowest BCUT2D eigenvalue weighted by atomic mass is 9.67. The van der Waals surface area contributed by atoms with Crippen LogP contribution in [0.5, 0.6) is 0 Å². The van der Waals surface area contributed by atoms with Crippen molar-refractivity contribution in [2.24, 2.45) is 5.92 Å². The Bertz CT molecular complexity index is 852. The van der Waals surface area contributed by atoms with Gasteiger partial charge in [-0.15, -0.1) is 0 Å². The molecule has 4 nitrogen and oxygen atoms in total. The number of benzene rings is 2. The Morgan fingerprint density at radius 1 is 1.07 bits per heavy atom. The van der Waals surface area contributed by atoms with E-state index >= 15 is 0 Å². The van der Waals surface area contributed by atoms with Crippen molar-refractivity contribution in [1.29, 1.82) is 0 Å². The summed E-state index contributed by atoms with van der Waals surface area (Å²) in [6.45, 7) is 5.90. The minimum absolute atomic E-state index is 0.257. The lowest BCUT2D eigenvalue weighted by Crippen LogP contribution is -2.49. The maximum absolute atomic E-state index is 13.2. The lowest BCUT2D eigenvalue weighted by molar-refractivity contribution is -0.159. The van der Waals surface area contributed by atoms with E-state index in [0.717, 1.165) is 16.7 Å². The van der Waals surface area contributed by atoms with E-state index in [4.69, 9.17) is 9.47 Å². The fourth-order valence-corrected chi connectivity index (χ4v) is 3.62. The Morgan fingerprint density at radius 2 is 1.74 bits per heavy atom.